The molecule has 100 valence electrons. The van der Waals surface area contributed by atoms with E-state index in [1.165, 1.54) is 6.07 Å². The molecular formula is C12H10Br2N2O2S. The van der Waals surface area contributed by atoms with Crippen molar-refractivity contribution >= 4 is 47.7 Å². The second kappa shape index (κ2) is 5.60. The molecule has 2 aromatic rings. The van der Waals surface area contributed by atoms with Crippen molar-refractivity contribution in [1.82, 2.24) is 4.98 Å². The summed E-state index contributed by atoms with van der Waals surface area (Å²) in [5.74, 6) is 0.292. The average molecular weight is 406 g/mol. The number of hydrogen-bond donors (Lipinski definition) is 1. The van der Waals surface area contributed by atoms with Crippen molar-refractivity contribution in [1.29, 1.82) is 0 Å². The Bertz CT molecular complexity index is 700. The van der Waals surface area contributed by atoms with E-state index < -0.39 is 10.0 Å². The maximum Gasteiger partial charge on any atom is 0.264 e. The molecular weight excluding hydrogens is 396 g/mol. The van der Waals surface area contributed by atoms with E-state index in [0.717, 1.165) is 10.0 Å². The minimum Gasteiger partial charge on any atom is -0.263 e. The summed E-state index contributed by atoms with van der Waals surface area (Å²) < 4.78 is 28.2. The van der Waals surface area contributed by atoms with Crippen LogP contribution in [0.25, 0.3) is 0 Å². The number of sulfonamides is 1. The lowest BCUT2D eigenvalue weighted by atomic mass is 10.3. The Hall–Kier alpha value is -0.920. The summed E-state index contributed by atoms with van der Waals surface area (Å²) in [5.41, 5.74) is 0.966. The van der Waals surface area contributed by atoms with Crippen molar-refractivity contribution in [3.63, 3.8) is 0 Å². The highest BCUT2D eigenvalue weighted by molar-refractivity contribution is 9.11. The molecule has 0 amide bonds. The van der Waals surface area contributed by atoms with E-state index >= 15 is 0 Å². The van der Waals surface area contributed by atoms with Gasteiger partial charge in [-0.1, -0.05) is 22.0 Å². The summed E-state index contributed by atoms with van der Waals surface area (Å²) >= 11 is 6.52. The fourth-order valence-corrected chi connectivity index (χ4v) is 4.17. The van der Waals surface area contributed by atoms with Gasteiger partial charge in [-0.3, -0.25) is 4.72 Å². The summed E-state index contributed by atoms with van der Waals surface area (Å²) in [4.78, 5) is 4.19. The van der Waals surface area contributed by atoms with Crippen LogP contribution in [0.3, 0.4) is 0 Å². The van der Waals surface area contributed by atoms with E-state index in [1.54, 1.807) is 30.5 Å². The third-order valence-corrected chi connectivity index (χ3v) is 5.16. The first-order chi connectivity index (χ1) is 8.88. The van der Waals surface area contributed by atoms with Crippen LogP contribution in [0.5, 0.6) is 0 Å². The molecule has 0 atom stereocenters. The molecule has 0 aliphatic carbocycles. The molecule has 0 aliphatic heterocycles. The highest BCUT2D eigenvalue weighted by Gasteiger charge is 2.18. The van der Waals surface area contributed by atoms with Crippen LogP contribution >= 0.6 is 31.9 Å². The Balaban J connectivity index is 2.35. The molecule has 0 spiro atoms. The Morgan fingerprint density at radius 1 is 1.16 bits per heavy atom. The van der Waals surface area contributed by atoms with Crippen molar-refractivity contribution in [2.45, 2.75) is 11.8 Å². The molecule has 0 saturated heterocycles. The molecule has 0 bridgehead atoms. The first kappa shape index (κ1) is 14.5. The Morgan fingerprint density at radius 3 is 2.47 bits per heavy atom. The van der Waals surface area contributed by atoms with Gasteiger partial charge in [0.1, 0.15) is 10.7 Å². The highest BCUT2D eigenvalue weighted by atomic mass is 79.9. The molecule has 0 saturated carbocycles. The first-order valence-corrected chi connectivity index (χ1v) is 8.36. The van der Waals surface area contributed by atoms with Gasteiger partial charge in [0.2, 0.25) is 0 Å². The lowest BCUT2D eigenvalue weighted by Crippen LogP contribution is -2.14. The number of anilines is 1. The quantitative estimate of drug-likeness (QED) is 0.846. The zero-order valence-electron chi connectivity index (χ0n) is 9.89. The smallest absolute Gasteiger partial charge is 0.263 e. The van der Waals surface area contributed by atoms with Crippen LogP contribution in [0, 0.1) is 6.92 Å². The van der Waals surface area contributed by atoms with Gasteiger partial charge < -0.3 is 0 Å². The number of pyridine rings is 1. The van der Waals surface area contributed by atoms with Gasteiger partial charge in [-0.25, -0.2) is 13.4 Å². The van der Waals surface area contributed by atoms with E-state index in [0.29, 0.717) is 10.3 Å². The Kier molecular flexibility index (Phi) is 4.27. The van der Waals surface area contributed by atoms with Crippen LogP contribution in [0.15, 0.2) is 50.4 Å². The van der Waals surface area contributed by atoms with E-state index in [4.69, 9.17) is 0 Å². The Labute approximate surface area is 128 Å². The molecule has 19 heavy (non-hydrogen) atoms. The maximum atomic E-state index is 12.2. The molecule has 7 heteroatoms. The monoisotopic (exact) mass is 404 g/mol. The van der Waals surface area contributed by atoms with Crippen molar-refractivity contribution in [2.24, 2.45) is 0 Å². The van der Waals surface area contributed by atoms with Gasteiger partial charge in [0.05, 0.1) is 0 Å². The number of benzene rings is 1. The number of aromatic nitrogens is 1. The van der Waals surface area contributed by atoms with Gasteiger partial charge in [-0.2, -0.15) is 0 Å². The van der Waals surface area contributed by atoms with Crippen molar-refractivity contribution in [3.05, 3.63) is 51.0 Å². The number of rotatable bonds is 3. The largest absolute Gasteiger partial charge is 0.264 e. The third-order valence-electron chi connectivity index (χ3n) is 2.33. The van der Waals surface area contributed by atoms with Crippen LogP contribution in [-0.4, -0.2) is 13.4 Å². The van der Waals surface area contributed by atoms with Crippen LogP contribution in [-0.2, 0) is 10.0 Å². The summed E-state index contributed by atoms with van der Waals surface area (Å²) in [5, 5.41) is 0. The van der Waals surface area contributed by atoms with Crippen molar-refractivity contribution < 1.29 is 8.42 Å². The van der Waals surface area contributed by atoms with Gasteiger partial charge in [-0.15, -0.1) is 0 Å². The summed E-state index contributed by atoms with van der Waals surface area (Å²) in [7, 11) is -3.65. The lowest BCUT2D eigenvalue weighted by molar-refractivity contribution is 0.600. The van der Waals surface area contributed by atoms with Gasteiger partial charge >= 0.3 is 0 Å². The first-order valence-electron chi connectivity index (χ1n) is 5.29. The molecule has 0 radical (unpaired) electrons. The topological polar surface area (TPSA) is 59.1 Å². The maximum absolute atomic E-state index is 12.2. The number of nitrogens with one attached hydrogen (secondary N) is 1. The molecule has 0 aliphatic rings. The fraction of sp³-hybridized carbons (Fsp3) is 0.0833. The van der Waals surface area contributed by atoms with Crippen molar-refractivity contribution in [2.75, 3.05) is 4.72 Å². The lowest BCUT2D eigenvalue weighted by Gasteiger charge is -2.09. The fourth-order valence-electron chi connectivity index (χ4n) is 1.41. The van der Waals surface area contributed by atoms with Crippen LogP contribution in [0.2, 0.25) is 0 Å². The summed E-state index contributed by atoms with van der Waals surface area (Å²) in [6.45, 7) is 1.89. The number of aryl methyl sites for hydroxylation is 1. The van der Waals surface area contributed by atoms with E-state index in [9.17, 15) is 8.42 Å². The molecule has 1 aromatic carbocycles. The number of halogens is 2. The minimum atomic E-state index is -3.65. The summed E-state index contributed by atoms with van der Waals surface area (Å²) in [6, 6.07) is 8.28. The van der Waals surface area contributed by atoms with Gasteiger partial charge in [-0.05, 0) is 52.7 Å². The highest BCUT2D eigenvalue weighted by Crippen LogP contribution is 2.26. The normalized spacial score (nSPS) is 11.3. The third kappa shape index (κ3) is 3.55. The van der Waals surface area contributed by atoms with Crippen LogP contribution < -0.4 is 4.72 Å². The van der Waals surface area contributed by atoms with Gasteiger partial charge in [0, 0.05) is 15.1 Å². The van der Waals surface area contributed by atoms with E-state index in [-0.39, 0.29) is 4.90 Å². The molecule has 1 N–H and O–H groups in total. The molecule has 0 fully saturated rings. The van der Waals surface area contributed by atoms with E-state index in [2.05, 4.69) is 41.6 Å². The van der Waals surface area contributed by atoms with Crippen LogP contribution in [0.1, 0.15) is 5.56 Å². The SMILES string of the molecule is Cc1ccc(NS(=O)(=O)c2ccc(Br)cc2Br)nc1. The zero-order valence-corrected chi connectivity index (χ0v) is 13.9. The predicted octanol–water partition coefficient (Wildman–Crippen LogP) is 3.72. The second-order valence-electron chi connectivity index (χ2n) is 3.90. The number of hydrogen-bond acceptors (Lipinski definition) is 3. The van der Waals surface area contributed by atoms with E-state index in [1.807, 2.05) is 6.92 Å². The van der Waals surface area contributed by atoms with Gasteiger partial charge in [0.15, 0.2) is 0 Å². The predicted molar refractivity (Wildman–Crippen MR) is 81.6 cm³/mol. The molecule has 1 aromatic heterocycles. The van der Waals surface area contributed by atoms with Crippen molar-refractivity contribution in [3.8, 4) is 0 Å². The summed E-state index contributed by atoms with van der Waals surface area (Å²) in [6.07, 6.45) is 1.61. The van der Waals surface area contributed by atoms with Gasteiger partial charge in [0.25, 0.3) is 10.0 Å². The Morgan fingerprint density at radius 2 is 1.89 bits per heavy atom. The standard InChI is InChI=1S/C12H10Br2N2O2S/c1-8-2-5-12(15-7-8)16-19(17,18)11-4-3-9(13)6-10(11)14/h2-7H,1H3,(H,15,16). The second-order valence-corrected chi connectivity index (χ2v) is 7.32. The van der Waals surface area contributed by atoms with Crippen LogP contribution in [0.4, 0.5) is 5.82 Å². The zero-order chi connectivity index (χ0) is 14.0. The average Bonchev–Trinajstić information content (AvgIpc) is 2.31. The molecule has 1 heterocycles. The molecule has 4 nitrogen and oxygen atoms in total. The minimum absolute atomic E-state index is 0.165. The number of nitrogens with zero attached hydrogens (tertiary/aromatic N) is 1. The molecule has 2 rings (SSSR count). The molecule has 0 unspecified atom stereocenters.